The number of rotatable bonds is 13. The minimum Gasteiger partial charge on any atom is -0.459 e. The van der Waals surface area contributed by atoms with Gasteiger partial charge < -0.3 is 25.4 Å². The number of esters is 1. The van der Waals surface area contributed by atoms with Crippen LogP contribution in [0.15, 0.2) is 60.7 Å². The van der Waals surface area contributed by atoms with Crippen LogP contribution in [0, 0.1) is 0 Å². The lowest BCUT2D eigenvalue weighted by molar-refractivity contribution is -0.149. The fourth-order valence-corrected chi connectivity index (χ4v) is 2.94. The van der Waals surface area contributed by atoms with Crippen LogP contribution in [0.3, 0.4) is 0 Å². The van der Waals surface area contributed by atoms with E-state index in [4.69, 9.17) is 9.47 Å². The number of hydrogen-bond acceptors (Lipinski definition) is 7. The van der Waals surface area contributed by atoms with Gasteiger partial charge in [0.15, 0.2) is 0 Å². The van der Waals surface area contributed by atoms with Crippen LogP contribution in [-0.2, 0) is 41.9 Å². The summed E-state index contributed by atoms with van der Waals surface area (Å²) < 4.78 is 10.4. The highest BCUT2D eigenvalue weighted by atomic mass is 16.5. The van der Waals surface area contributed by atoms with Gasteiger partial charge in [0, 0.05) is 6.54 Å². The highest BCUT2D eigenvalue weighted by molar-refractivity contribution is 6.23. The van der Waals surface area contributed by atoms with Crippen LogP contribution in [0.25, 0.3) is 0 Å². The summed E-state index contributed by atoms with van der Waals surface area (Å²) in [6, 6.07) is 16.1. The summed E-state index contributed by atoms with van der Waals surface area (Å²) >= 11 is 0. The molecule has 0 aliphatic carbocycles. The predicted octanol–water partition coefficient (Wildman–Crippen LogP) is 1.62. The van der Waals surface area contributed by atoms with Crippen molar-refractivity contribution in [2.75, 3.05) is 6.54 Å². The van der Waals surface area contributed by atoms with E-state index in [1.54, 1.807) is 24.3 Å². The first-order valence-electron chi connectivity index (χ1n) is 11.1. The fourth-order valence-electron chi connectivity index (χ4n) is 2.94. The molecule has 35 heavy (non-hydrogen) atoms. The molecule has 0 bridgehead atoms. The second-order valence-corrected chi connectivity index (χ2v) is 7.63. The molecule has 0 unspecified atom stereocenters. The van der Waals surface area contributed by atoms with Gasteiger partial charge in [0.2, 0.25) is 12.2 Å². The SMILES string of the molecule is C[C@H](NC(=O)OCc1ccccc1)C(=O)N[C@@H](CCCNC(=O)C=O)C(=O)OCc1ccccc1. The molecule has 2 atom stereocenters. The quantitative estimate of drug-likeness (QED) is 0.170. The monoisotopic (exact) mass is 483 g/mol. The number of ether oxygens (including phenoxy) is 2. The van der Waals surface area contributed by atoms with Gasteiger partial charge in [0.25, 0.3) is 5.91 Å². The van der Waals surface area contributed by atoms with E-state index < -0.39 is 36.0 Å². The van der Waals surface area contributed by atoms with Crippen molar-refractivity contribution >= 4 is 30.2 Å². The molecule has 0 fully saturated rings. The van der Waals surface area contributed by atoms with Crippen LogP contribution in [0.5, 0.6) is 0 Å². The Bertz CT molecular complexity index is 983. The number of aldehydes is 1. The number of carbonyl (C=O) groups excluding carboxylic acids is 5. The molecule has 3 amide bonds. The third-order valence-corrected chi connectivity index (χ3v) is 4.84. The fraction of sp³-hybridized carbons (Fsp3) is 0.320. The number of nitrogens with one attached hydrogen (secondary N) is 3. The van der Waals surface area contributed by atoms with Crippen LogP contribution in [0.2, 0.25) is 0 Å². The Balaban J connectivity index is 1.88. The first-order chi connectivity index (χ1) is 16.9. The first kappa shape index (κ1) is 27.0. The summed E-state index contributed by atoms with van der Waals surface area (Å²) in [5.74, 6) is -2.05. The smallest absolute Gasteiger partial charge is 0.408 e. The number of benzene rings is 2. The van der Waals surface area contributed by atoms with Crippen molar-refractivity contribution in [3.05, 3.63) is 71.8 Å². The van der Waals surface area contributed by atoms with Gasteiger partial charge in [-0.2, -0.15) is 0 Å². The lowest BCUT2D eigenvalue weighted by atomic mass is 10.1. The Kier molecular flexibility index (Phi) is 11.5. The standard InChI is InChI=1S/C25H29N3O7/c1-18(27-25(33)35-17-20-11-6-3-7-12-20)23(31)28-21(13-8-14-26-22(30)15-29)24(32)34-16-19-9-4-2-5-10-19/h2-7,9-12,15,18,21H,8,13-14,16-17H2,1H3,(H,26,30)(H,27,33)(H,28,31)/t18-,21-/m0/s1. The van der Waals surface area contributed by atoms with E-state index in [1.165, 1.54) is 6.92 Å². The van der Waals surface area contributed by atoms with E-state index in [-0.39, 0.29) is 32.5 Å². The molecule has 0 aliphatic heterocycles. The van der Waals surface area contributed by atoms with Gasteiger partial charge in [-0.3, -0.25) is 14.4 Å². The Morgan fingerprint density at radius 3 is 2.00 bits per heavy atom. The van der Waals surface area contributed by atoms with E-state index in [1.807, 2.05) is 36.4 Å². The van der Waals surface area contributed by atoms with E-state index in [9.17, 15) is 24.0 Å². The van der Waals surface area contributed by atoms with Crippen molar-refractivity contribution in [3.63, 3.8) is 0 Å². The molecule has 186 valence electrons. The van der Waals surface area contributed by atoms with Gasteiger partial charge in [-0.15, -0.1) is 0 Å². The van der Waals surface area contributed by atoms with E-state index in [0.717, 1.165) is 11.1 Å². The number of amides is 3. The number of carbonyl (C=O) groups is 5. The van der Waals surface area contributed by atoms with Gasteiger partial charge in [-0.25, -0.2) is 9.59 Å². The third-order valence-electron chi connectivity index (χ3n) is 4.84. The third kappa shape index (κ3) is 10.5. The molecule has 0 aliphatic rings. The van der Waals surface area contributed by atoms with Crippen LogP contribution >= 0.6 is 0 Å². The summed E-state index contributed by atoms with van der Waals surface area (Å²) in [4.78, 5) is 58.8. The van der Waals surface area contributed by atoms with Crippen molar-refractivity contribution < 1.29 is 33.4 Å². The predicted molar refractivity (Wildman–Crippen MR) is 126 cm³/mol. The van der Waals surface area contributed by atoms with E-state index >= 15 is 0 Å². The molecule has 2 rings (SSSR count). The molecule has 10 heteroatoms. The molecule has 2 aromatic rings. The highest BCUT2D eigenvalue weighted by Gasteiger charge is 2.25. The Morgan fingerprint density at radius 2 is 1.43 bits per heavy atom. The molecule has 0 radical (unpaired) electrons. The first-order valence-corrected chi connectivity index (χ1v) is 11.1. The minimum absolute atomic E-state index is 0.0214. The zero-order valence-electron chi connectivity index (χ0n) is 19.4. The molecule has 0 heterocycles. The van der Waals surface area contributed by atoms with Crippen molar-refractivity contribution in [3.8, 4) is 0 Å². The molecule has 10 nitrogen and oxygen atoms in total. The Morgan fingerprint density at radius 1 is 0.857 bits per heavy atom. The summed E-state index contributed by atoms with van der Waals surface area (Å²) in [5, 5.41) is 7.36. The van der Waals surface area contributed by atoms with E-state index in [2.05, 4.69) is 16.0 Å². The Hall–Kier alpha value is -4.21. The molecule has 0 saturated heterocycles. The average molecular weight is 484 g/mol. The number of hydrogen-bond donors (Lipinski definition) is 3. The number of alkyl carbamates (subject to hydrolysis) is 1. The summed E-state index contributed by atoms with van der Waals surface area (Å²) in [5.41, 5.74) is 1.57. The van der Waals surface area contributed by atoms with Gasteiger partial charge in [0.05, 0.1) is 0 Å². The maximum absolute atomic E-state index is 12.6. The molecular formula is C25H29N3O7. The zero-order valence-corrected chi connectivity index (χ0v) is 19.4. The molecule has 2 aromatic carbocycles. The van der Waals surface area contributed by atoms with Crippen molar-refractivity contribution in [1.82, 2.24) is 16.0 Å². The second-order valence-electron chi connectivity index (χ2n) is 7.63. The van der Waals surface area contributed by atoms with Gasteiger partial charge in [0.1, 0.15) is 25.3 Å². The average Bonchev–Trinajstić information content (AvgIpc) is 2.88. The molecule has 0 saturated carbocycles. The maximum Gasteiger partial charge on any atom is 0.408 e. The summed E-state index contributed by atoms with van der Waals surface area (Å²) in [6.07, 6.45) is -0.191. The topological polar surface area (TPSA) is 140 Å². The summed E-state index contributed by atoms with van der Waals surface area (Å²) in [7, 11) is 0. The lowest BCUT2D eigenvalue weighted by Gasteiger charge is -2.20. The van der Waals surface area contributed by atoms with Crippen LogP contribution < -0.4 is 16.0 Å². The highest BCUT2D eigenvalue weighted by Crippen LogP contribution is 2.06. The molecule has 3 N–H and O–H groups in total. The second kappa shape index (κ2) is 14.8. The van der Waals surface area contributed by atoms with E-state index in [0.29, 0.717) is 6.42 Å². The minimum atomic E-state index is -1.02. The van der Waals surface area contributed by atoms with Crippen molar-refractivity contribution in [2.45, 2.75) is 45.1 Å². The zero-order chi connectivity index (χ0) is 25.5. The molecule has 0 aromatic heterocycles. The molecular weight excluding hydrogens is 454 g/mol. The molecule has 0 spiro atoms. The van der Waals surface area contributed by atoms with Gasteiger partial charge in [-0.05, 0) is 30.9 Å². The van der Waals surface area contributed by atoms with Crippen LogP contribution in [-0.4, -0.2) is 48.8 Å². The largest absolute Gasteiger partial charge is 0.459 e. The Labute approximate surface area is 203 Å². The normalized spacial score (nSPS) is 11.9. The van der Waals surface area contributed by atoms with Crippen molar-refractivity contribution in [1.29, 1.82) is 0 Å². The van der Waals surface area contributed by atoms with Gasteiger partial charge in [-0.1, -0.05) is 60.7 Å². The van der Waals surface area contributed by atoms with Crippen LogP contribution in [0.1, 0.15) is 30.9 Å². The lowest BCUT2D eigenvalue weighted by Crippen LogP contribution is -2.50. The van der Waals surface area contributed by atoms with Crippen LogP contribution in [0.4, 0.5) is 4.79 Å². The van der Waals surface area contributed by atoms with Crippen molar-refractivity contribution in [2.24, 2.45) is 0 Å². The maximum atomic E-state index is 12.6. The van der Waals surface area contributed by atoms with Gasteiger partial charge >= 0.3 is 12.1 Å². The summed E-state index contributed by atoms with van der Waals surface area (Å²) in [6.45, 7) is 1.65.